The first-order chi connectivity index (χ1) is 9.92. The van der Waals surface area contributed by atoms with Crippen LogP contribution in [0.15, 0.2) is 18.2 Å². The van der Waals surface area contributed by atoms with Crippen LogP contribution >= 0.6 is 0 Å². The van der Waals surface area contributed by atoms with E-state index in [1.807, 2.05) is 0 Å². The first kappa shape index (κ1) is 17.2. The average Bonchev–Trinajstić information content (AvgIpc) is 2.38. The van der Waals surface area contributed by atoms with Crippen molar-refractivity contribution in [3.05, 3.63) is 23.8 Å². The lowest BCUT2D eigenvalue weighted by atomic mass is 10.1. The number of nitrogens with two attached hydrogens (primary N) is 1. The molecule has 0 saturated heterocycles. The number of carbonyl (C=O) groups excluding carboxylic acids is 1. The predicted octanol–water partition coefficient (Wildman–Crippen LogP) is 1.69. The molecule has 0 spiro atoms. The maximum atomic E-state index is 12.2. The van der Waals surface area contributed by atoms with E-state index in [2.05, 4.69) is 10.1 Å². The highest BCUT2D eigenvalue weighted by Crippen LogP contribution is 2.29. The van der Waals surface area contributed by atoms with E-state index in [1.165, 1.54) is 13.2 Å². The minimum Gasteiger partial charge on any atom is -0.493 e. The largest absolute Gasteiger partial charge is 0.493 e. The number of nitrogens with one attached hydrogen (secondary N) is 1. The van der Waals surface area contributed by atoms with Gasteiger partial charge in [0, 0.05) is 19.0 Å². The van der Waals surface area contributed by atoms with Crippen LogP contribution in [0.1, 0.15) is 18.9 Å². The Kier molecular flexibility index (Phi) is 6.87. The number of hydrogen-bond acceptors (Lipinski definition) is 4. The van der Waals surface area contributed by atoms with Crippen molar-refractivity contribution in [1.29, 1.82) is 0 Å². The quantitative estimate of drug-likeness (QED) is 0.766. The Morgan fingerprint density at radius 2 is 2.10 bits per heavy atom. The van der Waals surface area contributed by atoms with Crippen LogP contribution in [0.25, 0.3) is 0 Å². The summed E-state index contributed by atoms with van der Waals surface area (Å²) < 4.78 is 33.7. The van der Waals surface area contributed by atoms with Crippen molar-refractivity contribution < 1.29 is 23.0 Å². The average molecular weight is 302 g/mol. The highest BCUT2D eigenvalue weighted by Gasteiger charge is 2.11. The van der Waals surface area contributed by atoms with Crippen molar-refractivity contribution in [2.45, 2.75) is 32.4 Å². The molecule has 0 bridgehead atoms. The molecule has 1 atom stereocenters. The summed E-state index contributed by atoms with van der Waals surface area (Å²) in [5, 5.41) is 2.74. The van der Waals surface area contributed by atoms with E-state index in [-0.39, 0.29) is 29.9 Å². The number of alkyl halides is 2. The van der Waals surface area contributed by atoms with Gasteiger partial charge in [0.1, 0.15) is 0 Å². The lowest BCUT2D eigenvalue weighted by molar-refractivity contribution is -0.121. The lowest BCUT2D eigenvalue weighted by Crippen LogP contribution is -2.31. The second kappa shape index (κ2) is 8.41. The van der Waals surface area contributed by atoms with Gasteiger partial charge in [-0.1, -0.05) is 6.07 Å². The number of hydrogen-bond donors (Lipinski definition) is 2. The van der Waals surface area contributed by atoms with Gasteiger partial charge in [-0.05, 0) is 31.0 Å². The van der Waals surface area contributed by atoms with Gasteiger partial charge in [-0.15, -0.1) is 0 Å². The fourth-order valence-corrected chi connectivity index (χ4v) is 1.77. The fraction of sp³-hybridized carbons (Fsp3) is 0.500. The van der Waals surface area contributed by atoms with Gasteiger partial charge in [0.15, 0.2) is 11.5 Å². The molecule has 0 aliphatic carbocycles. The molecule has 1 aromatic rings. The van der Waals surface area contributed by atoms with Crippen molar-refractivity contribution in [3.8, 4) is 11.5 Å². The summed E-state index contributed by atoms with van der Waals surface area (Å²) in [5.41, 5.74) is 6.36. The molecule has 0 heterocycles. The monoisotopic (exact) mass is 302 g/mol. The van der Waals surface area contributed by atoms with Gasteiger partial charge in [0.05, 0.1) is 7.11 Å². The Hall–Kier alpha value is -1.89. The molecule has 1 aromatic carbocycles. The highest BCUT2D eigenvalue weighted by atomic mass is 19.3. The molecule has 0 radical (unpaired) electrons. The summed E-state index contributed by atoms with van der Waals surface area (Å²) in [6.45, 7) is -0.710. The zero-order chi connectivity index (χ0) is 15.8. The van der Waals surface area contributed by atoms with E-state index in [0.717, 1.165) is 5.56 Å². The molecule has 1 amide bonds. The number of benzene rings is 1. The molecule has 21 heavy (non-hydrogen) atoms. The predicted molar refractivity (Wildman–Crippen MR) is 74.6 cm³/mol. The van der Waals surface area contributed by atoms with Crippen molar-refractivity contribution in [3.63, 3.8) is 0 Å². The van der Waals surface area contributed by atoms with Gasteiger partial charge >= 0.3 is 6.61 Å². The molecular weight excluding hydrogens is 282 g/mol. The molecule has 0 aliphatic rings. The van der Waals surface area contributed by atoms with Gasteiger partial charge in [-0.25, -0.2) is 0 Å². The van der Waals surface area contributed by atoms with Gasteiger partial charge in [0.25, 0.3) is 0 Å². The van der Waals surface area contributed by atoms with Crippen LogP contribution in [0.4, 0.5) is 8.78 Å². The standard InChI is InChI=1S/C14H20F2N2O3/c1-9(17)7-13(19)18-6-5-10-3-4-11(21-14(15)16)12(8-10)20-2/h3-4,8-9,14H,5-7,17H2,1-2H3,(H,18,19). The van der Waals surface area contributed by atoms with Crippen LogP contribution in [0.3, 0.4) is 0 Å². The third kappa shape index (κ3) is 6.40. The molecule has 7 heteroatoms. The molecule has 3 N–H and O–H groups in total. The maximum absolute atomic E-state index is 12.2. The number of ether oxygens (including phenoxy) is 2. The smallest absolute Gasteiger partial charge is 0.387 e. The van der Waals surface area contributed by atoms with E-state index in [1.54, 1.807) is 19.1 Å². The molecule has 0 saturated carbocycles. The van der Waals surface area contributed by atoms with Gasteiger partial charge in [0.2, 0.25) is 5.91 Å². The van der Waals surface area contributed by atoms with E-state index >= 15 is 0 Å². The number of halogens is 2. The van der Waals surface area contributed by atoms with Gasteiger partial charge in [-0.3, -0.25) is 4.79 Å². The third-order valence-corrected chi connectivity index (χ3v) is 2.69. The number of methoxy groups -OCH3 is 1. The summed E-state index contributed by atoms with van der Waals surface area (Å²) in [6.07, 6.45) is 0.820. The number of carbonyl (C=O) groups is 1. The van der Waals surface area contributed by atoms with E-state index in [0.29, 0.717) is 13.0 Å². The van der Waals surface area contributed by atoms with Gasteiger partial charge in [-0.2, -0.15) is 8.78 Å². The van der Waals surface area contributed by atoms with Crippen LogP contribution in [-0.2, 0) is 11.2 Å². The Labute approximate surface area is 122 Å². The topological polar surface area (TPSA) is 73.6 Å². The summed E-state index contributed by atoms with van der Waals surface area (Å²) in [4.78, 5) is 11.4. The minimum absolute atomic E-state index is 0.0164. The van der Waals surface area contributed by atoms with Crippen molar-refractivity contribution >= 4 is 5.91 Å². The van der Waals surface area contributed by atoms with Crippen molar-refractivity contribution in [2.24, 2.45) is 5.73 Å². The van der Waals surface area contributed by atoms with E-state index in [9.17, 15) is 13.6 Å². The fourth-order valence-electron chi connectivity index (χ4n) is 1.77. The summed E-state index contributed by atoms with van der Waals surface area (Å²) in [6, 6.07) is 4.49. The van der Waals surface area contributed by atoms with Crippen molar-refractivity contribution in [2.75, 3.05) is 13.7 Å². The number of amides is 1. The van der Waals surface area contributed by atoms with Crippen LogP contribution in [0.5, 0.6) is 11.5 Å². The lowest BCUT2D eigenvalue weighted by Gasteiger charge is -2.12. The zero-order valence-electron chi connectivity index (χ0n) is 12.1. The number of rotatable bonds is 8. The molecule has 0 fully saturated rings. The Morgan fingerprint density at radius 1 is 1.38 bits per heavy atom. The first-order valence-corrected chi connectivity index (χ1v) is 6.56. The summed E-state index contributed by atoms with van der Waals surface area (Å²) in [7, 11) is 1.38. The van der Waals surface area contributed by atoms with E-state index in [4.69, 9.17) is 10.5 Å². The first-order valence-electron chi connectivity index (χ1n) is 6.56. The Bertz CT molecular complexity index is 468. The van der Waals surface area contributed by atoms with E-state index < -0.39 is 6.61 Å². The SMILES string of the molecule is COc1cc(CCNC(=O)CC(C)N)ccc1OC(F)F. The molecule has 1 rings (SSSR count). The normalized spacial score (nSPS) is 12.1. The second-order valence-electron chi connectivity index (χ2n) is 4.65. The highest BCUT2D eigenvalue weighted by molar-refractivity contribution is 5.76. The van der Waals surface area contributed by atoms with Crippen LogP contribution in [0.2, 0.25) is 0 Å². The summed E-state index contributed by atoms with van der Waals surface area (Å²) in [5.74, 6) is 0.0987. The molecular formula is C14H20F2N2O3. The second-order valence-corrected chi connectivity index (χ2v) is 4.65. The van der Waals surface area contributed by atoms with Gasteiger partial charge < -0.3 is 20.5 Å². The zero-order valence-corrected chi connectivity index (χ0v) is 12.1. The van der Waals surface area contributed by atoms with Crippen molar-refractivity contribution in [1.82, 2.24) is 5.32 Å². The maximum Gasteiger partial charge on any atom is 0.387 e. The molecule has 5 nitrogen and oxygen atoms in total. The Morgan fingerprint density at radius 3 is 2.67 bits per heavy atom. The minimum atomic E-state index is -2.90. The van der Waals surface area contributed by atoms with Crippen LogP contribution in [0, 0.1) is 0 Å². The Balaban J connectivity index is 2.54. The summed E-state index contributed by atoms with van der Waals surface area (Å²) >= 11 is 0. The van der Waals surface area contributed by atoms with Crippen LogP contribution < -0.4 is 20.5 Å². The molecule has 0 aromatic heterocycles. The van der Waals surface area contributed by atoms with Crippen LogP contribution in [-0.4, -0.2) is 32.2 Å². The molecule has 1 unspecified atom stereocenters. The third-order valence-electron chi connectivity index (χ3n) is 2.69. The molecule has 118 valence electrons. The molecule has 0 aliphatic heterocycles.